The molecule has 0 unspecified atom stereocenters. The lowest BCUT2D eigenvalue weighted by Crippen LogP contribution is -2.12. The number of carbonyl (C=O) groups is 1. The number of phenolic OH excluding ortho intramolecular Hbond substituents is 2. The van der Waals surface area contributed by atoms with Crippen LogP contribution in [0.1, 0.15) is 12.5 Å². The van der Waals surface area contributed by atoms with Crippen LogP contribution in [0.25, 0.3) is 6.08 Å². The molecule has 26 heavy (non-hydrogen) atoms. The molecule has 2 aromatic rings. The van der Waals surface area contributed by atoms with E-state index in [1.165, 1.54) is 12.1 Å². The first-order valence-corrected chi connectivity index (χ1v) is 10.9. The Morgan fingerprint density at radius 2 is 2.15 bits per heavy atom. The molecule has 0 fully saturated rings. The van der Waals surface area contributed by atoms with Crippen molar-refractivity contribution in [1.29, 1.82) is 0 Å². The Hall–Kier alpha value is -2.17. The SMILES string of the molecule is CCOC(=O)/C=C/c1c(O)c(O)cc(NS(=O)(=O)c2cccs2)c1SC. The average molecular weight is 416 g/mol. The molecule has 0 spiro atoms. The lowest BCUT2D eigenvalue weighted by molar-refractivity contribution is -0.137. The van der Waals surface area contributed by atoms with E-state index in [4.69, 9.17) is 4.74 Å². The normalized spacial score (nSPS) is 11.6. The summed E-state index contributed by atoms with van der Waals surface area (Å²) in [6, 6.07) is 4.18. The van der Waals surface area contributed by atoms with Crippen LogP contribution in [0.15, 0.2) is 38.8 Å². The predicted octanol–water partition coefficient (Wildman–Crippen LogP) is 3.26. The number of carbonyl (C=O) groups excluding carboxylic acids is 1. The second-order valence-electron chi connectivity index (χ2n) is 4.86. The standard InChI is InChI=1S/C16H17NO6S3/c1-3-23-13(19)7-6-10-15(20)12(18)9-11(16(10)24-2)17-26(21,22)14-5-4-8-25-14/h4-9,17-18,20H,3H2,1-2H3/b7-6+. The quantitative estimate of drug-likeness (QED) is 0.209. The van der Waals surface area contributed by atoms with Crippen molar-refractivity contribution in [2.45, 2.75) is 16.0 Å². The lowest BCUT2D eigenvalue weighted by atomic mass is 10.1. The van der Waals surface area contributed by atoms with Crippen molar-refractivity contribution in [3.05, 3.63) is 35.2 Å². The molecule has 140 valence electrons. The number of nitrogens with one attached hydrogen (secondary N) is 1. The van der Waals surface area contributed by atoms with E-state index in [1.807, 2.05) is 0 Å². The van der Waals surface area contributed by atoms with Crippen LogP contribution in [0.5, 0.6) is 11.5 Å². The Kier molecular flexibility index (Phi) is 6.57. The molecule has 0 amide bonds. The number of anilines is 1. The Morgan fingerprint density at radius 3 is 2.73 bits per heavy atom. The van der Waals surface area contributed by atoms with Gasteiger partial charge in [0.1, 0.15) is 4.21 Å². The van der Waals surface area contributed by atoms with Gasteiger partial charge in [0.2, 0.25) is 0 Å². The van der Waals surface area contributed by atoms with Gasteiger partial charge in [0, 0.05) is 22.6 Å². The second kappa shape index (κ2) is 8.47. The fourth-order valence-electron chi connectivity index (χ4n) is 2.06. The lowest BCUT2D eigenvalue weighted by Gasteiger charge is -2.15. The van der Waals surface area contributed by atoms with E-state index in [9.17, 15) is 23.4 Å². The summed E-state index contributed by atoms with van der Waals surface area (Å²) in [7, 11) is -3.84. The minimum atomic E-state index is -3.84. The van der Waals surface area contributed by atoms with Crippen LogP contribution < -0.4 is 4.72 Å². The summed E-state index contributed by atoms with van der Waals surface area (Å²) in [6.07, 6.45) is 4.04. The highest BCUT2D eigenvalue weighted by molar-refractivity contribution is 7.99. The summed E-state index contributed by atoms with van der Waals surface area (Å²) >= 11 is 2.20. The Bertz CT molecular complexity index is 920. The number of rotatable bonds is 7. The van der Waals surface area contributed by atoms with Crippen molar-refractivity contribution >= 4 is 50.9 Å². The van der Waals surface area contributed by atoms with E-state index in [-0.39, 0.29) is 22.1 Å². The van der Waals surface area contributed by atoms with Crippen molar-refractivity contribution in [3.63, 3.8) is 0 Å². The highest BCUT2D eigenvalue weighted by Gasteiger charge is 2.21. The van der Waals surface area contributed by atoms with Crippen molar-refractivity contribution < 1.29 is 28.2 Å². The number of thioether (sulfide) groups is 1. The zero-order chi connectivity index (χ0) is 19.3. The molecule has 0 saturated carbocycles. The van der Waals surface area contributed by atoms with Crippen molar-refractivity contribution in [2.75, 3.05) is 17.6 Å². The smallest absolute Gasteiger partial charge is 0.330 e. The van der Waals surface area contributed by atoms with Crippen LogP contribution >= 0.6 is 23.1 Å². The number of hydrogen-bond donors (Lipinski definition) is 3. The van der Waals surface area contributed by atoms with Crippen LogP contribution in [0.3, 0.4) is 0 Å². The number of benzene rings is 1. The van der Waals surface area contributed by atoms with Crippen LogP contribution in [0.4, 0.5) is 5.69 Å². The van der Waals surface area contributed by atoms with Gasteiger partial charge in [-0.1, -0.05) is 6.07 Å². The first-order valence-electron chi connectivity index (χ1n) is 7.34. The highest BCUT2D eigenvalue weighted by atomic mass is 32.2. The number of hydrogen-bond acceptors (Lipinski definition) is 8. The molecule has 0 aliphatic carbocycles. The molecule has 7 nitrogen and oxygen atoms in total. The first-order chi connectivity index (χ1) is 12.3. The summed E-state index contributed by atoms with van der Waals surface area (Å²) in [5.74, 6) is -1.60. The number of phenols is 2. The Balaban J connectivity index is 2.49. The summed E-state index contributed by atoms with van der Waals surface area (Å²) in [5.41, 5.74) is 0.194. The summed E-state index contributed by atoms with van der Waals surface area (Å²) in [4.78, 5) is 11.9. The molecule has 1 aromatic carbocycles. The zero-order valence-corrected chi connectivity index (χ0v) is 16.4. The van der Waals surface area contributed by atoms with Crippen molar-refractivity contribution in [2.24, 2.45) is 0 Å². The average Bonchev–Trinajstić information content (AvgIpc) is 3.12. The third-order valence-corrected chi connectivity index (χ3v) is 6.76. The van der Waals surface area contributed by atoms with Gasteiger partial charge >= 0.3 is 5.97 Å². The zero-order valence-electron chi connectivity index (χ0n) is 13.9. The molecular formula is C16H17NO6S3. The highest BCUT2D eigenvalue weighted by Crippen LogP contribution is 2.43. The Morgan fingerprint density at radius 1 is 1.42 bits per heavy atom. The maximum absolute atomic E-state index is 12.4. The summed E-state index contributed by atoms with van der Waals surface area (Å²) in [6.45, 7) is 1.85. The molecule has 2 rings (SSSR count). The number of esters is 1. The van der Waals surface area contributed by atoms with Gasteiger partial charge in [-0.25, -0.2) is 13.2 Å². The van der Waals surface area contributed by atoms with Gasteiger partial charge in [0.15, 0.2) is 11.5 Å². The molecule has 0 bridgehead atoms. The molecule has 0 aliphatic heterocycles. The minimum absolute atomic E-state index is 0.0877. The first kappa shape index (κ1) is 20.1. The van der Waals surface area contributed by atoms with Gasteiger partial charge < -0.3 is 14.9 Å². The van der Waals surface area contributed by atoms with E-state index in [2.05, 4.69) is 4.72 Å². The molecule has 10 heteroatoms. The van der Waals surface area contributed by atoms with Gasteiger partial charge in [0.25, 0.3) is 10.0 Å². The van der Waals surface area contributed by atoms with Gasteiger partial charge in [-0.2, -0.15) is 0 Å². The molecule has 0 atom stereocenters. The number of aromatic hydroxyl groups is 2. The van der Waals surface area contributed by atoms with Crippen LogP contribution in [-0.4, -0.2) is 37.5 Å². The summed E-state index contributed by atoms with van der Waals surface area (Å²) < 4.78 is 32.2. The maximum Gasteiger partial charge on any atom is 0.330 e. The topological polar surface area (TPSA) is 113 Å². The molecule has 3 N–H and O–H groups in total. The van der Waals surface area contributed by atoms with E-state index in [0.717, 1.165) is 35.2 Å². The molecule has 1 aromatic heterocycles. The minimum Gasteiger partial charge on any atom is -0.504 e. The van der Waals surface area contributed by atoms with E-state index >= 15 is 0 Å². The van der Waals surface area contributed by atoms with Crippen LogP contribution in [-0.2, 0) is 19.6 Å². The fourth-order valence-corrected chi connectivity index (χ4v) is 4.90. The largest absolute Gasteiger partial charge is 0.504 e. The van der Waals surface area contributed by atoms with E-state index in [1.54, 1.807) is 24.6 Å². The molecule has 0 radical (unpaired) electrons. The van der Waals surface area contributed by atoms with Gasteiger partial charge in [-0.05, 0) is 30.7 Å². The van der Waals surface area contributed by atoms with Crippen molar-refractivity contribution in [3.8, 4) is 11.5 Å². The third-order valence-electron chi connectivity index (χ3n) is 3.15. The fraction of sp³-hybridized carbons (Fsp3) is 0.188. The van der Waals surface area contributed by atoms with Gasteiger partial charge in [-0.15, -0.1) is 23.1 Å². The molecule has 1 heterocycles. The van der Waals surface area contributed by atoms with Crippen molar-refractivity contribution in [1.82, 2.24) is 0 Å². The molecular weight excluding hydrogens is 398 g/mol. The number of ether oxygens (including phenoxy) is 1. The second-order valence-corrected chi connectivity index (χ2v) is 8.54. The maximum atomic E-state index is 12.4. The summed E-state index contributed by atoms with van der Waals surface area (Å²) in [5, 5.41) is 21.7. The molecule has 0 aliphatic rings. The van der Waals surface area contributed by atoms with Gasteiger partial charge in [0.05, 0.1) is 12.3 Å². The third kappa shape index (κ3) is 4.51. The molecule has 0 saturated heterocycles. The van der Waals surface area contributed by atoms with E-state index in [0.29, 0.717) is 4.90 Å². The number of thiophene rings is 1. The van der Waals surface area contributed by atoms with Crippen LogP contribution in [0, 0.1) is 0 Å². The monoisotopic (exact) mass is 415 g/mol. The Labute approximate surface area is 159 Å². The van der Waals surface area contributed by atoms with Crippen LogP contribution in [0.2, 0.25) is 0 Å². The number of sulfonamides is 1. The van der Waals surface area contributed by atoms with E-state index < -0.39 is 27.5 Å². The predicted molar refractivity (Wildman–Crippen MR) is 102 cm³/mol. The van der Waals surface area contributed by atoms with Gasteiger partial charge in [-0.3, -0.25) is 4.72 Å².